The Hall–Kier alpha value is -3.38. The number of pyridine rings is 1. The van der Waals surface area contributed by atoms with E-state index in [1.165, 1.54) is 12.5 Å². The van der Waals surface area contributed by atoms with Crippen molar-refractivity contribution < 1.29 is 4.92 Å². The van der Waals surface area contributed by atoms with Crippen LogP contribution in [0.1, 0.15) is 19.3 Å². The minimum absolute atomic E-state index is 0.0387. The first kappa shape index (κ1) is 19.6. The van der Waals surface area contributed by atoms with Crippen LogP contribution in [-0.2, 0) is 0 Å². The number of nitro groups is 1. The predicted octanol–water partition coefficient (Wildman–Crippen LogP) is 6.19. The van der Waals surface area contributed by atoms with Gasteiger partial charge in [0.1, 0.15) is 5.82 Å². The number of aromatic nitrogens is 1. The molecule has 31 heavy (non-hydrogen) atoms. The number of nitro benzene ring substituents is 1. The molecular weight excluding hydrogens is 412 g/mol. The first-order chi connectivity index (χ1) is 15.0. The molecule has 2 N–H and O–H groups in total. The van der Waals surface area contributed by atoms with Crippen molar-refractivity contribution in [2.75, 3.05) is 23.7 Å². The average molecular weight is 433 g/mol. The molecule has 4 aromatic rings. The number of nitrogens with zero attached hydrogens (tertiary/aromatic N) is 3. The lowest BCUT2D eigenvalue weighted by Crippen LogP contribution is -2.29. The van der Waals surface area contributed by atoms with Gasteiger partial charge in [-0.1, -0.05) is 23.7 Å². The summed E-state index contributed by atoms with van der Waals surface area (Å²) in [5.41, 5.74) is 10.0. The molecule has 1 aromatic heterocycles. The van der Waals surface area contributed by atoms with Crippen molar-refractivity contribution in [1.29, 1.82) is 0 Å². The quantitative estimate of drug-likeness (QED) is 0.237. The number of piperidine rings is 1. The molecule has 156 valence electrons. The number of anilines is 2. The number of benzene rings is 3. The summed E-state index contributed by atoms with van der Waals surface area (Å²) in [5, 5.41) is 14.7. The summed E-state index contributed by atoms with van der Waals surface area (Å²) < 4.78 is 0. The lowest BCUT2D eigenvalue weighted by molar-refractivity contribution is -0.384. The van der Waals surface area contributed by atoms with E-state index in [2.05, 4.69) is 16.0 Å². The Labute approximate surface area is 184 Å². The van der Waals surface area contributed by atoms with Gasteiger partial charge in [0.15, 0.2) is 0 Å². The Kier molecular flexibility index (Phi) is 4.87. The molecule has 1 saturated heterocycles. The van der Waals surface area contributed by atoms with E-state index in [4.69, 9.17) is 17.3 Å². The summed E-state index contributed by atoms with van der Waals surface area (Å²) in [7, 11) is 0. The number of nitrogens with two attached hydrogens (primary N) is 1. The number of fused-ring (bicyclic) bond motifs is 3. The highest BCUT2D eigenvalue weighted by molar-refractivity contribution is 6.30. The summed E-state index contributed by atoms with van der Waals surface area (Å²) in [4.78, 5) is 18.1. The minimum Gasteiger partial charge on any atom is -0.384 e. The highest BCUT2D eigenvalue weighted by atomic mass is 35.5. The molecule has 6 nitrogen and oxygen atoms in total. The van der Waals surface area contributed by atoms with Gasteiger partial charge >= 0.3 is 0 Å². The largest absolute Gasteiger partial charge is 0.384 e. The predicted molar refractivity (Wildman–Crippen MR) is 127 cm³/mol. The zero-order valence-electron chi connectivity index (χ0n) is 16.8. The van der Waals surface area contributed by atoms with Crippen molar-refractivity contribution in [2.24, 2.45) is 0 Å². The van der Waals surface area contributed by atoms with E-state index in [1.807, 2.05) is 30.3 Å². The molecule has 0 saturated carbocycles. The molecule has 5 rings (SSSR count). The van der Waals surface area contributed by atoms with Gasteiger partial charge in [-0.3, -0.25) is 10.1 Å². The fourth-order valence-electron chi connectivity index (χ4n) is 4.47. The summed E-state index contributed by atoms with van der Waals surface area (Å²) in [6.07, 6.45) is 3.46. The molecule has 1 fully saturated rings. The Balaban J connectivity index is 1.90. The molecule has 2 heterocycles. The van der Waals surface area contributed by atoms with Crippen LogP contribution in [0.5, 0.6) is 0 Å². The molecule has 0 amide bonds. The Morgan fingerprint density at radius 1 is 1.00 bits per heavy atom. The van der Waals surface area contributed by atoms with Gasteiger partial charge in [0.25, 0.3) is 5.69 Å². The fourth-order valence-corrected chi connectivity index (χ4v) is 4.60. The normalized spacial score (nSPS) is 14.3. The first-order valence-electron chi connectivity index (χ1n) is 10.3. The monoisotopic (exact) mass is 432 g/mol. The van der Waals surface area contributed by atoms with E-state index in [0.29, 0.717) is 16.4 Å². The number of nitrogen functional groups attached to an aromatic ring is 1. The second-order valence-electron chi connectivity index (χ2n) is 7.93. The Morgan fingerprint density at radius 3 is 2.45 bits per heavy atom. The average Bonchev–Trinajstić information content (AvgIpc) is 2.78. The topological polar surface area (TPSA) is 85.3 Å². The van der Waals surface area contributed by atoms with Gasteiger partial charge in [0, 0.05) is 47.1 Å². The summed E-state index contributed by atoms with van der Waals surface area (Å²) in [6, 6.07) is 16.6. The van der Waals surface area contributed by atoms with Crippen LogP contribution < -0.4 is 10.6 Å². The molecule has 3 aromatic carbocycles. The maximum atomic E-state index is 11.4. The summed E-state index contributed by atoms with van der Waals surface area (Å²) >= 11 is 6.13. The second kappa shape index (κ2) is 7.71. The summed E-state index contributed by atoms with van der Waals surface area (Å²) in [5.74, 6) is 0.411. The lowest BCUT2D eigenvalue weighted by Gasteiger charge is -2.31. The van der Waals surface area contributed by atoms with Crippen molar-refractivity contribution in [3.05, 3.63) is 69.7 Å². The SMILES string of the molecule is Nc1cc(N2CCCCC2)c2c(-c3ccc(Cl)cc3)cc3ccc([N+](=O)[O-])cc3c2n1. The van der Waals surface area contributed by atoms with E-state index in [1.54, 1.807) is 12.1 Å². The number of halogens is 1. The van der Waals surface area contributed by atoms with Gasteiger partial charge in [-0.15, -0.1) is 0 Å². The minimum atomic E-state index is -0.379. The van der Waals surface area contributed by atoms with Crippen LogP contribution in [0.2, 0.25) is 5.02 Å². The van der Waals surface area contributed by atoms with E-state index in [0.717, 1.165) is 58.9 Å². The third-order valence-corrected chi connectivity index (χ3v) is 6.19. The zero-order valence-corrected chi connectivity index (χ0v) is 17.6. The van der Waals surface area contributed by atoms with Crippen LogP contribution in [-0.4, -0.2) is 23.0 Å². The Bertz CT molecular complexity index is 1320. The summed E-state index contributed by atoms with van der Waals surface area (Å²) in [6.45, 7) is 1.90. The van der Waals surface area contributed by atoms with Gasteiger partial charge in [0.2, 0.25) is 0 Å². The molecule has 1 aliphatic rings. The van der Waals surface area contributed by atoms with Crippen LogP contribution in [0.3, 0.4) is 0 Å². The molecule has 0 bridgehead atoms. The third-order valence-electron chi connectivity index (χ3n) is 5.94. The molecule has 0 spiro atoms. The fraction of sp³-hybridized carbons (Fsp3) is 0.208. The molecule has 0 atom stereocenters. The van der Waals surface area contributed by atoms with Crippen LogP contribution in [0.15, 0.2) is 54.6 Å². The highest BCUT2D eigenvalue weighted by Gasteiger charge is 2.21. The van der Waals surface area contributed by atoms with Gasteiger partial charge in [-0.05, 0) is 60.0 Å². The molecule has 0 unspecified atom stereocenters. The zero-order chi connectivity index (χ0) is 21.5. The van der Waals surface area contributed by atoms with Gasteiger partial charge in [-0.25, -0.2) is 4.98 Å². The standard InChI is InChI=1S/C24H21ClN4O2/c25-17-7-4-15(5-8-17)19-12-16-6-9-18(29(30)31)13-20(16)24-23(19)21(14-22(26)27-24)28-10-2-1-3-11-28/h4-9,12-14H,1-3,10-11H2,(H2,26,27). The van der Waals surface area contributed by atoms with Crippen molar-refractivity contribution in [1.82, 2.24) is 4.98 Å². The van der Waals surface area contributed by atoms with Crippen LogP contribution in [0.4, 0.5) is 17.2 Å². The van der Waals surface area contributed by atoms with Gasteiger partial charge < -0.3 is 10.6 Å². The number of non-ortho nitro benzene ring substituents is 1. The smallest absolute Gasteiger partial charge is 0.270 e. The van der Waals surface area contributed by atoms with Crippen LogP contribution >= 0.6 is 11.6 Å². The lowest BCUT2D eigenvalue weighted by atomic mass is 9.93. The van der Waals surface area contributed by atoms with Crippen molar-refractivity contribution in [3.63, 3.8) is 0 Å². The van der Waals surface area contributed by atoms with Crippen molar-refractivity contribution in [3.8, 4) is 11.1 Å². The van der Waals surface area contributed by atoms with E-state index in [-0.39, 0.29) is 10.6 Å². The van der Waals surface area contributed by atoms with Crippen LogP contribution in [0, 0.1) is 10.1 Å². The first-order valence-corrected chi connectivity index (χ1v) is 10.7. The second-order valence-corrected chi connectivity index (χ2v) is 8.37. The van der Waals surface area contributed by atoms with E-state index < -0.39 is 0 Å². The third kappa shape index (κ3) is 3.53. The van der Waals surface area contributed by atoms with Crippen LogP contribution in [0.25, 0.3) is 32.8 Å². The molecule has 7 heteroatoms. The van der Waals surface area contributed by atoms with E-state index >= 15 is 0 Å². The number of rotatable bonds is 3. The van der Waals surface area contributed by atoms with Gasteiger partial charge in [0.05, 0.1) is 16.1 Å². The van der Waals surface area contributed by atoms with Crippen molar-refractivity contribution in [2.45, 2.75) is 19.3 Å². The molecule has 0 aliphatic carbocycles. The molecule has 0 radical (unpaired) electrons. The molecule has 1 aliphatic heterocycles. The molecular formula is C24H21ClN4O2. The number of hydrogen-bond acceptors (Lipinski definition) is 5. The van der Waals surface area contributed by atoms with E-state index in [9.17, 15) is 10.1 Å². The van der Waals surface area contributed by atoms with Crippen molar-refractivity contribution >= 4 is 50.5 Å². The maximum absolute atomic E-state index is 11.4. The number of hydrogen-bond donors (Lipinski definition) is 1. The maximum Gasteiger partial charge on any atom is 0.270 e. The highest BCUT2D eigenvalue weighted by Crippen LogP contribution is 2.42. The Morgan fingerprint density at radius 2 is 1.74 bits per heavy atom. The van der Waals surface area contributed by atoms with Gasteiger partial charge in [-0.2, -0.15) is 0 Å².